The number of aromatic nitrogens is 2. The Bertz CT molecular complexity index is 1130. The summed E-state index contributed by atoms with van der Waals surface area (Å²) in [5, 5.41) is 2.91. The number of hydroxylamine groups is 1. The summed E-state index contributed by atoms with van der Waals surface area (Å²) in [5.74, 6) is -0.0657. The second-order valence-electron chi connectivity index (χ2n) is 12.7. The number of imidazole rings is 1. The quantitative estimate of drug-likeness (QED) is 0.257. The number of rotatable bonds is 15. The van der Waals surface area contributed by atoms with Crippen molar-refractivity contribution in [2.24, 2.45) is 11.8 Å². The van der Waals surface area contributed by atoms with Crippen molar-refractivity contribution >= 4 is 17.7 Å². The highest BCUT2D eigenvalue weighted by molar-refractivity contribution is 5.89. The highest BCUT2D eigenvalue weighted by atomic mass is 16.8. The fourth-order valence-electron chi connectivity index (χ4n) is 6.10. The summed E-state index contributed by atoms with van der Waals surface area (Å²) in [5.41, 5.74) is 3.50. The summed E-state index contributed by atoms with van der Waals surface area (Å²) in [6.07, 6.45) is 16.2. The lowest BCUT2D eigenvalue weighted by Gasteiger charge is -2.40. The molecule has 0 unspecified atom stereocenters. The molecule has 0 bridgehead atoms. The summed E-state index contributed by atoms with van der Waals surface area (Å²) in [7, 11) is 0. The molecular formula is C34H51N5O5. The van der Waals surface area contributed by atoms with Crippen LogP contribution in [0.25, 0.3) is 0 Å². The molecule has 1 aromatic heterocycles. The van der Waals surface area contributed by atoms with Gasteiger partial charge in [-0.15, -0.1) is 0 Å². The number of carbonyl (C=O) groups excluding carboxylic acids is 3. The number of benzene rings is 1. The molecule has 2 aliphatic rings. The number of hydrogen-bond donors (Lipinski definition) is 1. The maximum absolute atomic E-state index is 14.2. The van der Waals surface area contributed by atoms with E-state index in [1.807, 2.05) is 30.3 Å². The third-order valence-corrected chi connectivity index (χ3v) is 8.63. The van der Waals surface area contributed by atoms with Crippen molar-refractivity contribution in [3.05, 3.63) is 54.6 Å². The molecule has 1 saturated heterocycles. The van der Waals surface area contributed by atoms with Crippen LogP contribution < -0.4 is 5.48 Å². The van der Waals surface area contributed by atoms with Crippen LogP contribution in [0, 0.1) is 11.8 Å². The fourth-order valence-corrected chi connectivity index (χ4v) is 6.10. The molecule has 1 aliphatic carbocycles. The lowest BCUT2D eigenvalue weighted by Crippen LogP contribution is -2.59. The number of hydrazine groups is 1. The van der Waals surface area contributed by atoms with Gasteiger partial charge in [0.25, 0.3) is 11.8 Å². The first kappa shape index (κ1) is 33.6. The number of amides is 3. The van der Waals surface area contributed by atoms with Gasteiger partial charge in [-0.3, -0.25) is 14.4 Å². The molecule has 0 radical (unpaired) electrons. The first-order valence-electron chi connectivity index (χ1n) is 16.6. The van der Waals surface area contributed by atoms with Gasteiger partial charge in [0.05, 0.1) is 12.9 Å². The highest BCUT2D eigenvalue weighted by Crippen LogP contribution is 2.29. The zero-order chi connectivity index (χ0) is 31.1. The van der Waals surface area contributed by atoms with Crippen molar-refractivity contribution in [1.29, 1.82) is 0 Å². The van der Waals surface area contributed by atoms with E-state index in [1.54, 1.807) is 23.3 Å². The molecule has 2 aromatic rings. The Hall–Kier alpha value is -3.24. The van der Waals surface area contributed by atoms with Gasteiger partial charge in [-0.05, 0) is 43.1 Å². The second kappa shape index (κ2) is 17.9. The number of hydrogen-bond acceptors (Lipinski definition) is 6. The molecule has 2 atom stereocenters. The van der Waals surface area contributed by atoms with Crippen molar-refractivity contribution in [3.63, 3.8) is 0 Å². The zero-order valence-corrected chi connectivity index (χ0v) is 26.6. The lowest BCUT2D eigenvalue weighted by molar-refractivity contribution is -0.206. The van der Waals surface area contributed by atoms with Gasteiger partial charge in [0, 0.05) is 31.8 Å². The number of carbonyl (C=O) groups is 3. The Morgan fingerprint density at radius 2 is 1.80 bits per heavy atom. The van der Waals surface area contributed by atoms with Crippen LogP contribution in [0.1, 0.15) is 103 Å². The predicted octanol–water partition coefficient (Wildman–Crippen LogP) is 5.79. The van der Waals surface area contributed by atoms with Gasteiger partial charge in [-0.1, -0.05) is 89.1 Å². The smallest absolute Gasteiger partial charge is 0.268 e. The Balaban J connectivity index is 1.63. The van der Waals surface area contributed by atoms with E-state index in [1.165, 1.54) is 42.1 Å². The minimum Gasteiger partial charge on any atom is -0.350 e. The second-order valence-corrected chi connectivity index (χ2v) is 12.7. The monoisotopic (exact) mass is 609 g/mol. The van der Waals surface area contributed by atoms with Crippen LogP contribution in [-0.2, 0) is 37.0 Å². The Kier molecular flexibility index (Phi) is 13.7. The topological polar surface area (TPSA) is 106 Å². The van der Waals surface area contributed by atoms with Gasteiger partial charge in [-0.2, -0.15) is 0 Å². The van der Waals surface area contributed by atoms with E-state index in [0.29, 0.717) is 31.8 Å². The molecule has 2 fully saturated rings. The van der Waals surface area contributed by atoms with Crippen molar-refractivity contribution in [1.82, 2.24) is 25.0 Å². The van der Waals surface area contributed by atoms with Gasteiger partial charge < -0.3 is 9.30 Å². The Morgan fingerprint density at radius 3 is 2.48 bits per heavy atom. The average Bonchev–Trinajstić information content (AvgIpc) is 3.56. The largest absolute Gasteiger partial charge is 0.350 e. The van der Waals surface area contributed by atoms with Gasteiger partial charge in [-0.25, -0.2) is 25.3 Å². The van der Waals surface area contributed by atoms with Crippen molar-refractivity contribution in [2.45, 2.75) is 123 Å². The van der Waals surface area contributed by atoms with Crippen LogP contribution in [0.4, 0.5) is 0 Å². The van der Waals surface area contributed by atoms with E-state index < -0.39 is 18.2 Å². The molecule has 3 amide bonds. The summed E-state index contributed by atoms with van der Waals surface area (Å²) in [4.78, 5) is 52.0. The first-order valence-corrected chi connectivity index (χ1v) is 16.6. The van der Waals surface area contributed by atoms with Crippen molar-refractivity contribution in [2.75, 3.05) is 6.61 Å². The minimum absolute atomic E-state index is 0.0103. The molecule has 0 spiro atoms. The molecular weight excluding hydrogens is 558 g/mol. The van der Waals surface area contributed by atoms with Crippen molar-refractivity contribution in [3.8, 4) is 0 Å². The van der Waals surface area contributed by atoms with E-state index in [-0.39, 0.29) is 37.2 Å². The standard InChI is InChI=1S/C34H51N5O5/c1-27(2)19-20-31(40)39(38(24-29-14-7-4-8-15-29)32(41)25-37-22-21-35-26-37)30(17-11-16-28-12-5-3-6-13-28)34(42)36-44-33-18-9-10-23-43-33/h4,7-8,14-15,21-22,26-28,30,33H,3,5-6,9-13,16-20,23-25H2,1-2H3,(H,36,42)/t30-,33+/m0/s1. The summed E-state index contributed by atoms with van der Waals surface area (Å²) in [6, 6.07) is 8.67. The normalized spacial score (nSPS) is 18.1. The zero-order valence-electron chi connectivity index (χ0n) is 26.6. The third kappa shape index (κ3) is 10.7. The third-order valence-electron chi connectivity index (χ3n) is 8.63. The number of ether oxygens (including phenoxy) is 1. The van der Waals surface area contributed by atoms with Gasteiger partial charge in [0.1, 0.15) is 12.6 Å². The maximum Gasteiger partial charge on any atom is 0.268 e. The molecule has 1 aromatic carbocycles. The molecule has 1 saturated carbocycles. The molecule has 242 valence electrons. The minimum atomic E-state index is -0.919. The van der Waals surface area contributed by atoms with Crippen LogP contribution in [0.3, 0.4) is 0 Å². The average molecular weight is 610 g/mol. The van der Waals surface area contributed by atoms with Crippen LogP contribution in [0.15, 0.2) is 49.1 Å². The Morgan fingerprint density at radius 1 is 1.02 bits per heavy atom. The molecule has 10 heteroatoms. The van der Waals surface area contributed by atoms with Gasteiger partial charge >= 0.3 is 0 Å². The SMILES string of the molecule is CC(C)CCC(=O)N([C@@H](CCCC1CCCCC1)C(=O)NO[C@@H]1CCCCO1)N(Cc1ccccc1)C(=O)Cn1ccnc1. The van der Waals surface area contributed by atoms with E-state index in [4.69, 9.17) is 9.57 Å². The first-order chi connectivity index (χ1) is 21.4. The van der Waals surface area contributed by atoms with E-state index in [0.717, 1.165) is 31.2 Å². The lowest BCUT2D eigenvalue weighted by atomic mass is 9.85. The summed E-state index contributed by atoms with van der Waals surface area (Å²) < 4.78 is 7.35. The molecule has 4 rings (SSSR count). The van der Waals surface area contributed by atoms with Crippen LogP contribution >= 0.6 is 0 Å². The number of nitrogens with one attached hydrogen (secondary N) is 1. The summed E-state index contributed by atoms with van der Waals surface area (Å²) >= 11 is 0. The molecule has 1 N–H and O–H groups in total. The van der Waals surface area contributed by atoms with E-state index in [9.17, 15) is 14.4 Å². The molecule has 44 heavy (non-hydrogen) atoms. The summed E-state index contributed by atoms with van der Waals surface area (Å²) in [6.45, 7) is 4.86. The fraction of sp³-hybridized carbons (Fsp3) is 0.647. The van der Waals surface area contributed by atoms with E-state index in [2.05, 4.69) is 24.3 Å². The van der Waals surface area contributed by atoms with Gasteiger partial charge in [0.2, 0.25) is 5.91 Å². The van der Waals surface area contributed by atoms with Crippen molar-refractivity contribution < 1.29 is 24.0 Å². The number of nitrogens with zero attached hydrogens (tertiary/aromatic N) is 4. The highest BCUT2D eigenvalue weighted by Gasteiger charge is 2.37. The molecule has 10 nitrogen and oxygen atoms in total. The predicted molar refractivity (Wildman–Crippen MR) is 167 cm³/mol. The molecule has 2 heterocycles. The molecule has 1 aliphatic heterocycles. The maximum atomic E-state index is 14.2. The van der Waals surface area contributed by atoms with E-state index >= 15 is 0 Å². The van der Waals surface area contributed by atoms with Crippen LogP contribution in [0.2, 0.25) is 0 Å². The Labute approximate surface area is 262 Å². The van der Waals surface area contributed by atoms with Crippen LogP contribution in [0.5, 0.6) is 0 Å². The van der Waals surface area contributed by atoms with Crippen LogP contribution in [-0.4, -0.2) is 56.2 Å². The van der Waals surface area contributed by atoms with Gasteiger partial charge in [0.15, 0.2) is 6.29 Å².